The maximum atomic E-state index is 12.5. The Bertz CT molecular complexity index is 1320. The number of rotatable bonds is 8. The molecule has 0 aliphatic carbocycles. The molecule has 1 aromatic heterocycles. The number of thioether (sulfide) groups is 1. The maximum absolute atomic E-state index is 12.5. The molecule has 0 radical (unpaired) electrons. The Morgan fingerprint density at radius 2 is 1.78 bits per heavy atom. The number of hydrogen-bond acceptors (Lipinski definition) is 6. The summed E-state index contributed by atoms with van der Waals surface area (Å²) >= 11 is 3.36. The van der Waals surface area contributed by atoms with E-state index in [1.54, 1.807) is 53.4 Å². The van der Waals surface area contributed by atoms with Gasteiger partial charge in [0.1, 0.15) is 0 Å². The Morgan fingerprint density at radius 1 is 1.00 bits per heavy atom. The van der Waals surface area contributed by atoms with Crippen LogP contribution in [-0.4, -0.2) is 26.4 Å². The summed E-state index contributed by atoms with van der Waals surface area (Å²) in [6.07, 6.45) is 0. The molecular weight excluding hydrogens is 462 g/mol. The van der Waals surface area contributed by atoms with Crippen LogP contribution in [0.2, 0.25) is 0 Å². The van der Waals surface area contributed by atoms with Gasteiger partial charge >= 0.3 is 0 Å². The molecule has 0 atom stereocenters. The topological polar surface area (TPSA) is 88.2 Å². The van der Waals surface area contributed by atoms with Crippen LogP contribution >= 0.6 is 23.1 Å². The van der Waals surface area contributed by atoms with E-state index in [0.717, 1.165) is 21.2 Å². The lowest BCUT2D eigenvalue weighted by Crippen LogP contribution is -2.23. The molecule has 0 unspecified atom stereocenters. The van der Waals surface area contributed by atoms with Crippen LogP contribution in [0.4, 0.5) is 0 Å². The van der Waals surface area contributed by atoms with Crippen LogP contribution in [0.15, 0.2) is 82.0 Å². The van der Waals surface area contributed by atoms with E-state index in [1.165, 1.54) is 17.8 Å². The van der Waals surface area contributed by atoms with Crippen molar-refractivity contribution < 1.29 is 13.2 Å². The van der Waals surface area contributed by atoms with Crippen LogP contribution in [0.5, 0.6) is 0 Å². The number of nitrogens with zero attached hydrogens (tertiary/aromatic N) is 1. The highest BCUT2D eigenvalue weighted by atomic mass is 32.2. The summed E-state index contributed by atoms with van der Waals surface area (Å²) in [5, 5.41) is 2.84. The number of para-hydroxylation sites is 1. The molecule has 9 heteroatoms. The first-order valence-corrected chi connectivity index (χ1v) is 13.1. The first-order valence-electron chi connectivity index (χ1n) is 9.82. The van der Waals surface area contributed by atoms with Crippen molar-refractivity contribution in [2.75, 3.05) is 7.05 Å². The second kappa shape index (κ2) is 9.83. The maximum Gasteiger partial charge on any atom is 0.251 e. The molecule has 0 bridgehead atoms. The number of amides is 1. The Hall–Kier alpha value is -2.72. The van der Waals surface area contributed by atoms with E-state index in [1.807, 2.05) is 30.3 Å². The zero-order chi connectivity index (χ0) is 22.6. The smallest absolute Gasteiger partial charge is 0.251 e. The Kier molecular flexibility index (Phi) is 6.90. The minimum atomic E-state index is -3.52. The SMILES string of the molecule is CNS(=O)(=O)c1cccc(CNC(=O)c2ccc(CSc3nc4ccccc4s3)cc2)c1. The molecule has 0 spiro atoms. The number of fused-ring (bicyclic) bond motifs is 1. The van der Waals surface area contributed by atoms with Gasteiger partial charge in [0.2, 0.25) is 10.0 Å². The Morgan fingerprint density at radius 3 is 2.53 bits per heavy atom. The van der Waals surface area contributed by atoms with Gasteiger partial charge in [0, 0.05) is 17.9 Å². The van der Waals surface area contributed by atoms with Gasteiger partial charge in [-0.3, -0.25) is 4.79 Å². The summed E-state index contributed by atoms with van der Waals surface area (Å²) in [6.45, 7) is 0.237. The fourth-order valence-electron chi connectivity index (χ4n) is 3.04. The van der Waals surface area contributed by atoms with Crippen LogP contribution in [-0.2, 0) is 22.3 Å². The zero-order valence-corrected chi connectivity index (χ0v) is 19.7. The van der Waals surface area contributed by atoms with Crippen molar-refractivity contribution in [3.05, 3.63) is 89.5 Å². The lowest BCUT2D eigenvalue weighted by Gasteiger charge is -2.08. The molecule has 1 amide bonds. The predicted molar refractivity (Wildman–Crippen MR) is 129 cm³/mol. The molecule has 6 nitrogen and oxygen atoms in total. The van der Waals surface area contributed by atoms with E-state index < -0.39 is 10.0 Å². The van der Waals surface area contributed by atoms with Crippen molar-refractivity contribution in [3.8, 4) is 0 Å². The lowest BCUT2D eigenvalue weighted by atomic mass is 10.1. The summed E-state index contributed by atoms with van der Waals surface area (Å²) in [5.41, 5.74) is 3.38. The van der Waals surface area contributed by atoms with Gasteiger partial charge in [-0.2, -0.15) is 0 Å². The molecule has 3 aromatic carbocycles. The lowest BCUT2D eigenvalue weighted by molar-refractivity contribution is 0.0951. The Balaban J connectivity index is 1.33. The van der Waals surface area contributed by atoms with Crippen molar-refractivity contribution >= 4 is 49.2 Å². The Labute approximate surface area is 195 Å². The second-order valence-electron chi connectivity index (χ2n) is 6.97. The largest absolute Gasteiger partial charge is 0.348 e. The number of benzene rings is 3. The summed E-state index contributed by atoms with van der Waals surface area (Å²) in [6, 6.07) is 22.1. The third-order valence-corrected chi connectivity index (χ3v) is 8.45. The van der Waals surface area contributed by atoms with Gasteiger partial charge in [0.05, 0.1) is 15.1 Å². The van der Waals surface area contributed by atoms with Crippen molar-refractivity contribution in [2.24, 2.45) is 0 Å². The quantitative estimate of drug-likeness (QED) is 0.362. The van der Waals surface area contributed by atoms with E-state index >= 15 is 0 Å². The summed E-state index contributed by atoms with van der Waals surface area (Å²) < 4.78 is 28.3. The molecule has 4 aromatic rings. The van der Waals surface area contributed by atoms with Gasteiger partial charge in [-0.15, -0.1) is 11.3 Å². The van der Waals surface area contributed by atoms with E-state index in [-0.39, 0.29) is 17.3 Å². The van der Waals surface area contributed by atoms with Gasteiger partial charge in [-0.05, 0) is 54.6 Å². The second-order valence-corrected chi connectivity index (χ2v) is 11.1. The van der Waals surface area contributed by atoms with E-state index in [9.17, 15) is 13.2 Å². The van der Waals surface area contributed by atoms with Gasteiger partial charge in [0.25, 0.3) is 5.91 Å². The van der Waals surface area contributed by atoms with E-state index in [0.29, 0.717) is 11.1 Å². The van der Waals surface area contributed by atoms with E-state index in [2.05, 4.69) is 21.1 Å². The minimum absolute atomic E-state index is 0.168. The van der Waals surface area contributed by atoms with Crippen LogP contribution in [0.25, 0.3) is 10.2 Å². The van der Waals surface area contributed by atoms with Gasteiger partial charge in [-0.1, -0.05) is 48.2 Å². The first kappa shape index (κ1) is 22.5. The highest BCUT2D eigenvalue weighted by Crippen LogP contribution is 2.31. The van der Waals surface area contributed by atoms with Crippen molar-refractivity contribution in [2.45, 2.75) is 21.5 Å². The number of nitrogens with one attached hydrogen (secondary N) is 2. The zero-order valence-electron chi connectivity index (χ0n) is 17.2. The standard InChI is InChI=1S/C23H21N3O3S3/c1-24-32(28,29)19-6-4-5-17(13-19)14-25-22(27)18-11-9-16(10-12-18)15-30-23-26-20-7-2-3-8-21(20)31-23/h2-13,24H,14-15H2,1H3,(H,25,27). The summed E-state index contributed by atoms with van der Waals surface area (Å²) in [5.74, 6) is 0.561. The van der Waals surface area contributed by atoms with Crippen LogP contribution < -0.4 is 10.0 Å². The van der Waals surface area contributed by atoms with Crippen molar-refractivity contribution in [1.29, 1.82) is 0 Å². The highest BCUT2D eigenvalue weighted by Gasteiger charge is 2.12. The molecule has 0 fully saturated rings. The molecule has 1 heterocycles. The monoisotopic (exact) mass is 483 g/mol. The fourth-order valence-corrected chi connectivity index (χ4v) is 5.86. The summed E-state index contributed by atoms with van der Waals surface area (Å²) in [4.78, 5) is 17.3. The van der Waals surface area contributed by atoms with E-state index in [4.69, 9.17) is 0 Å². The molecule has 0 saturated heterocycles. The average molecular weight is 484 g/mol. The molecule has 0 aliphatic heterocycles. The number of aromatic nitrogens is 1. The third kappa shape index (κ3) is 5.36. The normalized spacial score (nSPS) is 11.5. The minimum Gasteiger partial charge on any atom is -0.348 e. The number of sulfonamides is 1. The van der Waals surface area contributed by atoms with Crippen LogP contribution in [0, 0.1) is 0 Å². The van der Waals surface area contributed by atoms with Crippen molar-refractivity contribution in [1.82, 2.24) is 15.0 Å². The van der Waals surface area contributed by atoms with Crippen LogP contribution in [0.3, 0.4) is 0 Å². The number of thiazole rings is 1. The fraction of sp³-hybridized carbons (Fsp3) is 0.130. The predicted octanol–water partition coefficient (Wildman–Crippen LogP) is 4.43. The van der Waals surface area contributed by atoms with Gasteiger partial charge in [0.15, 0.2) is 4.34 Å². The number of carbonyl (C=O) groups excluding carboxylic acids is 1. The third-order valence-electron chi connectivity index (χ3n) is 4.78. The highest BCUT2D eigenvalue weighted by molar-refractivity contribution is 8.00. The summed E-state index contributed by atoms with van der Waals surface area (Å²) in [7, 11) is -2.15. The molecule has 0 saturated carbocycles. The molecular formula is C23H21N3O3S3. The number of hydrogen-bond donors (Lipinski definition) is 2. The van der Waals surface area contributed by atoms with Crippen LogP contribution in [0.1, 0.15) is 21.5 Å². The first-order chi connectivity index (χ1) is 15.4. The van der Waals surface area contributed by atoms with Gasteiger partial charge in [-0.25, -0.2) is 18.1 Å². The number of carbonyl (C=O) groups is 1. The van der Waals surface area contributed by atoms with Crippen molar-refractivity contribution in [3.63, 3.8) is 0 Å². The molecule has 32 heavy (non-hydrogen) atoms. The van der Waals surface area contributed by atoms with Gasteiger partial charge < -0.3 is 5.32 Å². The molecule has 164 valence electrons. The molecule has 2 N–H and O–H groups in total. The average Bonchev–Trinajstić information content (AvgIpc) is 3.25. The molecule has 4 rings (SSSR count). The molecule has 0 aliphatic rings.